The maximum Gasteiger partial charge on any atom is 0.328 e. The van der Waals surface area contributed by atoms with Gasteiger partial charge in [0.1, 0.15) is 21.4 Å². The summed E-state index contributed by atoms with van der Waals surface area (Å²) in [4.78, 5) is 42.1. The first-order chi connectivity index (χ1) is 24.2. The first kappa shape index (κ1) is 36.9. The van der Waals surface area contributed by atoms with Crippen LogP contribution in [0.4, 0.5) is 5.69 Å². The summed E-state index contributed by atoms with van der Waals surface area (Å²) >= 11 is 6.44. The summed E-state index contributed by atoms with van der Waals surface area (Å²) in [5.74, 6) is -0.783. The number of carbonyl (C=O) groups is 2. The molecule has 2 amide bonds. The number of aromatic nitrogens is 2. The van der Waals surface area contributed by atoms with Crippen LogP contribution in [0.1, 0.15) is 72.0 Å². The number of hydrogen-bond donors (Lipinski definition) is 1. The van der Waals surface area contributed by atoms with Crippen molar-refractivity contribution in [2.45, 2.75) is 58.0 Å². The van der Waals surface area contributed by atoms with Crippen LogP contribution in [0.3, 0.4) is 0 Å². The second-order valence-corrected chi connectivity index (χ2v) is 17.1. The lowest BCUT2D eigenvalue weighted by Crippen LogP contribution is -2.47. The van der Waals surface area contributed by atoms with E-state index in [9.17, 15) is 18.6 Å². The molecule has 0 saturated carbocycles. The van der Waals surface area contributed by atoms with E-state index in [1.807, 2.05) is 25.1 Å². The van der Waals surface area contributed by atoms with E-state index >= 15 is 0 Å². The number of nitrogens with zero attached hydrogens (tertiary/aromatic N) is 4. The van der Waals surface area contributed by atoms with Gasteiger partial charge < -0.3 is 18.9 Å². The lowest BCUT2D eigenvalue weighted by Gasteiger charge is -2.42. The lowest BCUT2D eigenvalue weighted by molar-refractivity contribution is 0.0743. The van der Waals surface area contributed by atoms with Crippen molar-refractivity contribution >= 4 is 39.0 Å². The van der Waals surface area contributed by atoms with Crippen LogP contribution in [0.2, 0.25) is 5.02 Å². The number of benzene rings is 2. The molecule has 3 heterocycles. The molecule has 0 radical (unpaired) electrons. The molecule has 3 aliphatic rings. The molecule has 1 aliphatic carbocycles. The lowest BCUT2D eigenvalue weighted by atomic mass is 9.70. The first-order valence-electron chi connectivity index (χ1n) is 17.6. The van der Waals surface area contributed by atoms with Gasteiger partial charge in [0.05, 0.1) is 24.2 Å². The minimum atomic E-state index is -3.64. The number of anilines is 1. The molecular weight excluding hydrogens is 690 g/mol. The number of halogens is 1. The number of carbonyl (C=O) groups excluding carboxylic acids is 2. The monoisotopic (exact) mass is 737 g/mol. The van der Waals surface area contributed by atoms with Crippen LogP contribution < -0.4 is 20.0 Å². The smallest absolute Gasteiger partial charge is 0.328 e. The summed E-state index contributed by atoms with van der Waals surface area (Å²) in [6.07, 6.45) is 8.67. The normalized spacial score (nSPS) is 29.0. The van der Waals surface area contributed by atoms with E-state index < -0.39 is 27.4 Å². The summed E-state index contributed by atoms with van der Waals surface area (Å²) in [6.45, 7) is 8.12. The largest absolute Gasteiger partial charge is 0.490 e. The van der Waals surface area contributed by atoms with Crippen LogP contribution in [0.5, 0.6) is 5.75 Å². The SMILES string of the molecule is CO[C@H]1/C=C/C[C@H](C)CS(=O)(NC(=O)c2cn(C)c(=O)n2C)=NC(=O)c2ccc3c(c2)N(C[C@H](C)[C@H]1C)C[C@@]1(CCCc2cc(Cl)ccc21)CO3. The fraction of sp³-hybridized carbons (Fsp3) is 0.500. The number of amides is 2. The minimum Gasteiger partial charge on any atom is -0.490 e. The van der Waals surface area contributed by atoms with Gasteiger partial charge in [-0.25, -0.2) is 9.00 Å². The van der Waals surface area contributed by atoms with Gasteiger partial charge in [-0.15, -0.1) is 4.36 Å². The van der Waals surface area contributed by atoms with E-state index in [2.05, 4.69) is 40.0 Å². The second-order valence-electron chi connectivity index (χ2n) is 14.7. The van der Waals surface area contributed by atoms with E-state index in [1.165, 1.54) is 40.6 Å². The predicted octanol–water partition coefficient (Wildman–Crippen LogP) is 5.69. The molecule has 274 valence electrons. The van der Waals surface area contributed by atoms with E-state index in [0.717, 1.165) is 30.0 Å². The molecule has 2 bridgehead atoms. The molecule has 3 aromatic rings. The van der Waals surface area contributed by atoms with Crippen LogP contribution in [0.25, 0.3) is 0 Å². The molecular formula is C38H48ClN5O6S. The number of ether oxygens (including phenoxy) is 2. The number of imidazole rings is 1. The molecule has 1 spiro atoms. The zero-order chi connectivity index (χ0) is 36.7. The van der Waals surface area contributed by atoms with Gasteiger partial charge in [0.2, 0.25) is 0 Å². The van der Waals surface area contributed by atoms with Gasteiger partial charge in [-0.3, -0.25) is 18.9 Å². The number of rotatable bonds is 3. The van der Waals surface area contributed by atoms with Crippen molar-refractivity contribution in [1.29, 1.82) is 0 Å². The van der Waals surface area contributed by atoms with Gasteiger partial charge in [0.25, 0.3) is 11.8 Å². The maximum atomic E-state index is 14.5. The van der Waals surface area contributed by atoms with Crippen molar-refractivity contribution in [3.63, 3.8) is 0 Å². The Morgan fingerprint density at radius 1 is 1.14 bits per heavy atom. The van der Waals surface area contributed by atoms with Crippen LogP contribution in [-0.2, 0) is 40.6 Å². The highest BCUT2D eigenvalue weighted by atomic mass is 35.5. The van der Waals surface area contributed by atoms with E-state index in [0.29, 0.717) is 31.9 Å². The molecule has 1 aromatic heterocycles. The van der Waals surface area contributed by atoms with Gasteiger partial charge in [0.15, 0.2) is 0 Å². The van der Waals surface area contributed by atoms with Crippen molar-refractivity contribution in [1.82, 2.24) is 13.9 Å². The summed E-state index contributed by atoms with van der Waals surface area (Å²) in [6, 6.07) is 11.4. The van der Waals surface area contributed by atoms with Crippen molar-refractivity contribution in [2.75, 3.05) is 37.5 Å². The quantitative estimate of drug-likeness (QED) is 0.343. The third kappa shape index (κ3) is 7.54. The van der Waals surface area contributed by atoms with Crippen LogP contribution in [0, 0.1) is 17.8 Å². The van der Waals surface area contributed by atoms with Crippen LogP contribution >= 0.6 is 11.6 Å². The standard InChI is InChI=1S/C38H48ClN5O6S/c1-24-9-7-11-33(49-6)26(3)25(2)19-44-22-38(16-8-10-27-17-29(39)13-14-30(27)38)23-50-34-15-12-28(18-31(34)44)35(45)40-51(48,21-24)41-36(46)32-20-42(4)37(47)43(32)5/h7,11-15,17-18,20,24-26,33H,8-10,16,19,21-23H2,1-6H3,(H,40,41,45,46,48)/b11-7+/t24-,25-,26+,33-,38-,51?/m0/s1. The summed E-state index contributed by atoms with van der Waals surface area (Å²) in [5, 5.41) is 0.719. The molecule has 2 aromatic carbocycles. The van der Waals surface area contributed by atoms with E-state index in [1.54, 1.807) is 25.3 Å². The van der Waals surface area contributed by atoms with Crippen molar-refractivity contribution in [3.05, 3.63) is 92.6 Å². The number of methoxy groups -OCH3 is 1. The fourth-order valence-corrected chi connectivity index (χ4v) is 9.89. The molecule has 2 aliphatic heterocycles. The predicted molar refractivity (Wildman–Crippen MR) is 200 cm³/mol. The minimum absolute atomic E-state index is 0.0110. The van der Waals surface area contributed by atoms with Crippen LogP contribution in [0.15, 0.2) is 63.9 Å². The van der Waals surface area contributed by atoms with Crippen LogP contribution in [-0.4, -0.2) is 63.8 Å². The Bertz CT molecular complexity index is 2050. The second kappa shape index (κ2) is 14.6. The Kier molecular flexibility index (Phi) is 10.6. The topological polar surface area (TPSA) is 124 Å². The van der Waals surface area contributed by atoms with E-state index in [4.69, 9.17) is 21.1 Å². The average Bonchev–Trinajstić information content (AvgIpc) is 3.25. The van der Waals surface area contributed by atoms with Crippen molar-refractivity contribution in [2.24, 2.45) is 36.2 Å². The van der Waals surface area contributed by atoms with Gasteiger partial charge >= 0.3 is 5.69 Å². The molecule has 6 atom stereocenters. The highest BCUT2D eigenvalue weighted by molar-refractivity contribution is 7.92. The number of hydrogen-bond acceptors (Lipinski definition) is 7. The summed E-state index contributed by atoms with van der Waals surface area (Å²) in [7, 11) is 1.06. The Labute approximate surface area is 305 Å². The third-order valence-corrected chi connectivity index (χ3v) is 13.1. The number of aryl methyl sites for hydroxylation is 2. The van der Waals surface area contributed by atoms with Crippen molar-refractivity contribution in [3.8, 4) is 5.75 Å². The highest BCUT2D eigenvalue weighted by Crippen LogP contribution is 2.45. The molecule has 11 nitrogen and oxygen atoms in total. The third-order valence-electron chi connectivity index (χ3n) is 10.8. The highest BCUT2D eigenvalue weighted by Gasteiger charge is 2.42. The zero-order valence-corrected chi connectivity index (χ0v) is 31.8. The Hall–Kier alpha value is -3.87. The molecule has 0 saturated heterocycles. The summed E-state index contributed by atoms with van der Waals surface area (Å²) < 4.78 is 36.3. The number of allylic oxidation sites excluding steroid dienone is 1. The molecule has 51 heavy (non-hydrogen) atoms. The Morgan fingerprint density at radius 3 is 2.65 bits per heavy atom. The first-order valence-corrected chi connectivity index (χ1v) is 19.6. The fourth-order valence-electron chi connectivity index (χ4n) is 7.81. The van der Waals surface area contributed by atoms with Gasteiger partial charge in [-0.1, -0.05) is 50.6 Å². The van der Waals surface area contributed by atoms with Crippen molar-refractivity contribution < 1.29 is 23.3 Å². The number of nitrogens with one attached hydrogen (secondary N) is 1. The molecule has 1 unspecified atom stereocenters. The van der Waals surface area contributed by atoms with Gasteiger partial charge in [-0.05, 0) is 84.9 Å². The van der Waals surface area contributed by atoms with Gasteiger partial charge in [-0.2, -0.15) is 0 Å². The summed E-state index contributed by atoms with van der Waals surface area (Å²) in [5.41, 5.74) is 2.77. The Morgan fingerprint density at radius 2 is 1.92 bits per heavy atom. The van der Waals surface area contributed by atoms with E-state index in [-0.39, 0.29) is 46.3 Å². The molecule has 0 fully saturated rings. The molecule has 1 N–H and O–H groups in total. The maximum absolute atomic E-state index is 14.5. The molecule has 13 heteroatoms. The average molecular weight is 738 g/mol. The van der Waals surface area contributed by atoms with Gasteiger partial charge in [0, 0.05) is 56.5 Å². The molecule has 6 rings (SSSR count). The Balaban J connectivity index is 1.45. The zero-order valence-electron chi connectivity index (χ0n) is 30.2. The number of fused-ring (bicyclic) bond motifs is 3.